The number of rotatable bonds is 7. The second-order valence-corrected chi connectivity index (χ2v) is 8.07. The van der Waals surface area contributed by atoms with Gasteiger partial charge in [-0.05, 0) is 44.3 Å². The molecule has 0 aromatic rings. The number of carbonyl (C=O) groups excluding carboxylic acids is 2. The lowest BCUT2D eigenvalue weighted by Crippen LogP contribution is -2.31. The maximum absolute atomic E-state index is 11.3. The molecule has 1 rings (SSSR count). The van der Waals surface area contributed by atoms with Crippen molar-refractivity contribution in [3.63, 3.8) is 0 Å². The van der Waals surface area contributed by atoms with E-state index in [0.29, 0.717) is 6.61 Å². The number of ether oxygens (including phenoxy) is 2. The fraction of sp³-hybridized carbons (Fsp3) is 0.500. The van der Waals surface area contributed by atoms with Gasteiger partial charge in [0, 0.05) is 20.3 Å². The molecular weight excluding hydrogens is 352 g/mol. The van der Waals surface area contributed by atoms with Crippen LogP contribution in [0.3, 0.4) is 0 Å². The summed E-state index contributed by atoms with van der Waals surface area (Å²) in [6, 6.07) is 0. The second kappa shape index (κ2) is 10.8. The molecule has 0 spiro atoms. The van der Waals surface area contributed by atoms with Crippen molar-refractivity contribution in [1.29, 1.82) is 0 Å². The number of carbonyl (C=O) groups is 2. The minimum Gasteiger partial charge on any atom is -0.462 e. The van der Waals surface area contributed by atoms with Gasteiger partial charge in [-0.1, -0.05) is 60.9 Å². The van der Waals surface area contributed by atoms with Crippen LogP contribution in [0.2, 0.25) is 0 Å². The van der Waals surface area contributed by atoms with Crippen molar-refractivity contribution >= 4 is 11.9 Å². The third-order valence-electron chi connectivity index (χ3n) is 4.72. The summed E-state index contributed by atoms with van der Waals surface area (Å²) in [6.07, 6.45) is 13.8. The molecule has 0 unspecified atom stereocenters. The molecule has 0 radical (unpaired) electrons. The molecule has 0 saturated carbocycles. The normalized spacial score (nSPS) is 20.8. The van der Waals surface area contributed by atoms with Gasteiger partial charge in [0.25, 0.3) is 0 Å². The molecule has 1 aliphatic carbocycles. The van der Waals surface area contributed by atoms with Crippen molar-refractivity contribution in [2.24, 2.45) is 5.41 Å². The average Bonchev–Trinajstić information content (AvgIpc) is 2.52. The molecule has 154 valence electrons. The standard InChI is InChI=1S/C24H34O4/c1-17(9-8-10-18(2)13-14-27-20(4)25)11-12-23-19(3)15-22(28-21(5)26)16-24(23,6)7/h8-13,22H,14-16H2,1-7H3/b10-8+,12-11+,17-9+,18-13+/t22-/m0/s1. The van der Waals surface area contributed by atoms with E-state index in [1.165, 1.54) is 25.0 Å². The van der Waals surface area contributed by atoms with Crippen LogP contribution in [0, 0.1) is 5.41 Å². The Morgan fingerprint density at radius 2 is 1.75 bits per heavy atom. The Bertz CT molecular complexity index is 730. The van der Waals surface area contributed by atoms with Gasteiger partial charge in [-0.15, -0.1) is 0 Å². The predicted molar refractivity (Wildman–Crippen MR) is 114 cm³/mol. The first-order valence-electron chi connectivity index (χ1n) is 9.72. The van der Waals surface area contributed by atoms with Gasteiger partial charge in [-0.25, -0.2) is 0 Å². The van der Waals surface area contributed by atoms with Crippen molar-refractivity contribution in [3.05, 3.63) is 58.7 Å². The van der Waals surface area contributed by atoms with E-state index in [-0.39, 0.29) is 23.5 Å². The molecular formula is C24H34O4. The van der Waals surface area contributed by atoms with Crippen molar-refractivity contribution in [3.8, 4) is 0 Å². The fourth-order valence-electron chi connectivity index (χ4n) is 3.45. The van der Waals surface area contributed by atoms with Crippen molar-refractivity contribution in [2.45, 2.75) is 67.4 Å². The first kappa shape index (κ1) is 23.7. The summed E-state index contributed by atoms with van der Waals surface area (Å²) < 4.78 is 10.3. The zero-order valence-electron chi connectivity index (χ0n) is 18.3. The smallest absolute Gasteiger partial charge is 0.302 e. The molecule has 0 aromatic carbocycles. The Hall–Kier alpha value is -2.36. The lowest BCUT2D eigenvalue weighted by atomic mass is 9.71. The van der Waals surface area contributed by atoms with Gasteiger partial charge >= 0.3 is 11.9 Å². The summed E-state index contributed by atoms with van der Waals surface area (Å²) >= 11 is 0. The number of esters is 2. The highest BCUT2D eigenvalue weighted by molar-refractivity contribution is 5.66. The highest BCUT2D eigenvalue weighted by Gasteiger charge is 2.33. The first-order valence-corrected chi connectivity index (χ1v) is 9.72. The highest BCUT2D eigenvalue weighted by Crippen LogP contribution is 2.42. The topological polar surface area (TPSA) is 52.6 Å². The SMILES string of the molecule is CC(=O)OC/C=C(C)/C=C/C=C(C)/C=C/C1=C(C)C[C@H](OC(C)=O)CC1(C)C. The van der Waals surface area contributed by atoms with Crippen molar-refractivity contribution in [1.82, 2.24) is 0 Å². The van der Waals surface area contributed by atoms with Crippen LogP contribution in [-0.4, -0.2) is 24.6 Å². The van der Waals surface area contributed by atoms with E-state index in [1.807, 2.05) is 31.2 Å². The molecule has 4 heteroatoms. The van der Waals surface area contributed by atoms with Crippen LogP contribution in [0.15, 0.2) is 58.7 Å². The first-order chi connectivity index (χ1) is 13.0. The third kappa shape index (κ3) is 8.55. The molecule has 0 saturated heterocycles. The van der Waals surface area contributed by atoms with Gasteiger partial charge in [-0.3, -0.25) is 9.59 Å². The fourth-order valence-corrected chi connectivity index (χ4v) is 3.45. The zero-order valence-corrected chi connectivity index (χ0v) is 18.3. The number of hydrogen-bond donors (Lipinski definition) is 0. The summed E-state index contributed by atoms with van der Waals surface area (Å²) in [5.74, 6) is -0.487. The minimum absolute atomic E-state index is 0.0361. The van der Waals surface area contributed by atoms with Crippen molar-refractivity contribution < 1.29 is 19.1 Å². The molecule has 0 aromatic heterocycles. The third-order valence-corrected chi connectivity index (χ3v) is 4.72. The van der Waals surface area contributed by atoms with Crippen LogP contribution in [0.4, 0.5) is 0 Å². The van der Waals surface area contributed by atoms with E-state index in [1.54, 1.807) is 0 Å². The van der Waals surface area contributed by atoms with Crippen LogP contribution >= 0.6 is 0 Å². The van der Waals surface area contributed by atoms with E-state index >= 15 is 0 Å². The quantitative estimate of drug-likeness (QED) is 0.421. The van der Waals surface area contributed by atoms with Gasteiger partial charge in [0.05, 0.1) is 0 Å². The van der Waals surface area contributed by atoms with Gasteiger partial charge in [0.15, 0.2) is 0 Å². The van der Waals surface area contributed by atoms with Gasteiger partial charge in [0.2, 0.25) is 0 Å². The van der Waals surface area contributed by atoms with E-state index in [4.69, 9.17) is 9.47 Å². The monoisotopic (exact) mass is 386 g/mol. The Labute approximate surface area is 169 Å². The summed E-state index contributed by atoms with van der Waals surface area (Å²) in [6.45, 7) is 13.7. The van der Waals surface area contributed by atoms with E-state index < -0.39 is 0 Å². The number of hydrogen-bond acceptors (Lipinski definition) is 4. The lowest BCUT2D eigenvalue weighted by molar-refractivity contribution is -0.147. The molecule has 4 nitrogen and oxygen atoms in total. The molecule has 28 heavy (non-hydrogen) atoms. The molecule has 0 bridgehead atoms. The maximum atomic E-state index is 11.3. The predicted octanol–water partition coefficient (Wildman–Crippen LogP) is 5.62. The van der Waals surface area contributed by atoms with Gasteiger partial charge in [-0.2, -0.15) is 0 Å². The molecule has 0 N–H and O–H groups in total. The van der Waals surface area contributed by atoms with Crippen LogP contribution < -0.4 is 0 Å². The van der Waals surface area contributed by atoms with Crippen molar-refractivity contribution in [2.75, 3.05) is 6.61 Å². The van der Waals surface area contributed by atoms with Crippen LogP contribution in [0.1, 0.15) is 61.3 Å². The van der Waals surface area contributed by atoms with E-state index in [2.05, 4.69) is 39.8 Å². The summed E-state index contributed by atoms with van der Waals surface area (Å²) in [5.41, 5.74) is 4.72. The molecule has 0 aliphatic heterocycles. The molecule has 0 amide bonds. The number of allylic oxidation sites excluding steroid dienone is 8. The Balaban J connectivity index is 2.77. The largest absolute Gasteiger partial charge is 0.462 e. The maximum Gasteiger partial charge on any atom is 0.302 e. The molecule has 0 fully saturated rings. The molecule has 1 aliphatic rings. The molecule has 1 atom stereocenters. The van der Waals surface area contributed by atoms with Crippen LogP contribution in [0.25, 0.3) is 0 Å². The Morgan fingerprint density at radius 3 is 2.32 bits per heavy atom. The lowest BCUT2D eigenvalue weighted by Gasteiger charge is -2.37. The Morgan fingerprint density at radius 1 is 1.07 bits per heavy atom. The highest BCUT2D eigenvalue weighted by atomic mass is 16.5. The summed E-state index contributed by atoms with van der Waals surface area (Å²) in [4.78, 5) is 22.0. The van der Waals surface area contributed by atoms with Crippen LogP contribution in [0.5, 0.6) is 0 Å². The summed E-state index contributed by atoms with van der Waals surface area (Å²) in [7, 11) is 0. The average molecular weight is 387 g/mol. The minimum atomic E-state index is -0.275. The van der Waals surface area contributed by atoms with Gasteiger partial charge in [0.1, 0.15) is 12.7 Å². The second-order valence-electron chi connectivity index (χ2n) is 8.07. The van der Waals surface area contributed by atoms with E-state index in [9.17, 15) is 9.59 Å². The van der Waals surface area contributed by atoms with Gasteiger partial charge < -0.3 is 9.47 Å². The zero-order chi connectivity index (χ0) is 21.3. The van der Waals surface area contributed by atoms with E-state index in [0.717, 1.165) is 24.0 Å². The molecule has 0 heterocycles. The van der Waals surface area contributed by atoms with Crippen LogP contribution in [-0.2, 0) is 19.1 Å². The Kier molecular flexibility index (Phi) is 9.17. The summed E-state index contributed by atoms with van der Waals surface area (Å²) in [5, 5.41) is 0.